The molecule has 1 aliphatic heterocycles. The minimum Gasteiger partial charge on any atom is -0.338 e. The molecule has 0 saturated carbocycles. The summed E-state index contributed by atoms with van der Waals surface area (Å²) < 4.78 is 0. The van der Waals surface area contributed by atoms with E-state index in [4.69, 9.17) is 0 Å². The number of nitrogens with zero attached hydrogens (tertiary/aromatic N) is 2. The van der Waals surface area contributed by atoms with Gasteiger partial charge in [0.2, 0.25) is 5.91 Å². The van der Waals surface area contributed by atoms with E-state index < -0.39 is 0 Å². The van der Waals surface area contributed by atoms with Crippen LogP contribution >= 0.6 is 0 Å². The van der Waals surface area contributed by atoms with Crippen LogP contribution in [0.25, 0.3) is 0 Å². The predicted octanol–water partition coefficient (Wildman–Crippen LogP) is 3.41. The van der Waals surface area contributed by atoms with E-state index in [2.05, 4.69) is 5.32 Å². The van der Waals surface area contributed by atoms with Crippen molar-refractivity contribution in [2.45, 2.75) is 45.4 Å². The fourth-order valence-electron chi connectivity index (χ4n) is 3.40. The molecule has 0 spiro atoms. The van der Waals surface area contributed by atoms with Crippen molar-refractivity contribution in [2.75, 3.05) is 6.54 Å². The Morgan fingerprint density at radius 2 is 1.56 bits per heavy atom. The monoisotopic (exact) mass is 365 g/mol. The first-order valence-electron chi connectivity index (χ1n) is 9.45. The number of likely N-dealkylation sites (tertiary alicyclic amines) is 1. The molecule has 1 aliphatic rings. The standard InChI is InChI=1S/C22H27N3O2/c1-17(2)25-16-20(13-21(25)26)23-22(27)24(14-18-9-5-3-6-10-18)15-19-11-7-4-8-12-19/h3-12,17,20H,13-16H2,1-2H3,(H,23,27). The summed E-state index contributed by atoms with van der Waals surface area (Å²) in [6.07, 6.45) is 0.369. The average molecular weight is 365 g/mol. The number of amides is 3. The minimum absolute atomic E-state index is 0.105. The number of rotatable bonds is 6. The number of carbonyl (C=O) groups is 2. The van der Waals surface area contributed by atoms with Gasteiger partial charge in [0.25, 0.3) is 0 Å². The summed E-state index contributed by atoms with van der Waals surface area (Å²) in [5.74, 6) is 0.105. The number of urea groups is 1. The van der Waals surface area contributed by atoms with E-state index in [1.807, 2.05) is 79.4 Å². The Hall–Kier alpha value is -2.82. The Morgan fingerprint density at radius 1 is 1.04 bits per heavy atom. The van der Waals surface area contributed by atoms with Crippen LogP contribution in [0.15, 0.2) is 60.7 Å². The lowest BCUT2D eigenvalue weighted by Gasteiger charge is -2.26. The summed E-state index contributed by atoms with van der Waals surface area (Å²) in [7, 11) is 0. The van der Waals surface area contributed by atoms with E-state index in [1.54, 1.807) is 4.90 Å². The quantitative estimate of drug-likeness (QED) is 0.853. The highest BCUT2D eigenvalue weighted by Crippen LogP contribution is 2.16. The van der Waals surface area contributed by atoms with Crippen molar-refractivity contribution in [3.8, 4) is 0 Å². The van der Waals surface area contributed by atoms with Crippen LogP contribution in [0, 0.1) is 0 Å². The first-order chi connectivity index (χ1) is 13.0. The van der Waals surface area contributed by atoms with Gasteiger partial charge in [-0.3, -0.25) is 4.79 Å². The fourth-order valence-corrected chi connectivity index (χ4v) is 3.40. The van der Waals surface area contributed by atoms with Crippen LogP contribution in [0.2, 0.25) is 0 Å². The van der Waals surface area contributed by atoms with Gasteiger partial charge in [0.15, 0.2) is 0 Å². The maximum absolute atomic E-state index is 13.0. The third-order valence-corrected chi connectivity index (χ3v) is 4.83. The molecule has 1 N–H and O–H groups in total. The molecule has 1 heterocycles. The van der Waals surface area contributed by atoms with Gasteiger partial charge < -0.3 is 15.1 Å². The summed E-state index contributed by atoms with van der Waals surface area (Å²) in [6.45, 7) is 5.62. The van der Waals surface area contributed by atoms with Gasteiger partial charge in [-0.1, -0.05) is 60.7 Å². The molecular formula is C22H27N3O2. The lowest BCUT2D eigenvalue weighted by Crippen LogP contribution is -2.45. The number of hydrogen-bond acceptors (Lipinski definition) is 2. The van der Waals surface area contributed by atoms with Crippen molar-refractivity contribution in [2.24, 2.45) is 0 Å². The Balaban J connectivity index is 1.69. The van der Waals surface area contributed by atoms with Gasteiger partial charge in [0, 0.05) is 32.1 Å². The zero-order valence-electron chi connectivity index (χ0n) is 16.0. The molecule has 3 rings (SSSR count). The zero-order chi connectivity index (χ0) is 19.2. The van der Waals surface area contributed by atoms with Gasteiger partial charge in [-0.2, -0.15) is 0 Å². The molecule has 1 unspecified atom stereocenters. The highest BCUT2D eigenvalue weighted by Gasteiger charge is 2.32. The molecule has 0 aromatic heterocycles. The largest absolute Gasteiger partial charge is 0.338 e. The van der Waals surface area contributed by atoms with Crippen LogP contribution in [0.1, 0.15) is 31.4 Å². The van der Waals surface area contributed by atoms with E-state index in [0.717, 1.165) is 11.1 Å². The first-order valence-corrected chi connectivity index (χ1v) is 9.45. The number of nitrogens with one attached hydrogen (secondary N) is 1. The molecule has 0 bridgehead atoms. The molecule has 5 nitrogen and oxygen atoms in total. The van der Waals surface area contributed by atoms with Gasteiger partial charge in [-0.05, 0) is 25.0 Å². The third kappa shape index (κ3) is 5.09. The van der Waals surface area contributed by atoms with Crippen molar-refractivity contribution in [3.05, 3.63) is 71.8 Å². The van der Waals surface area contributed by atoms with Crippen molar-refractivity contribution in [3.63, 3.8) is 0 Å². The molecule has 1 atom stereocenters. The number of hydrogen-bond donors (Lipinski definition) is 1. The van der Waals surface area contributed by atoms with E-state index in [9.17, 15) is 9.59 Å². The molecule has 142 valence electrons. The summed E-state index contributed by atoms with van der Waals surface area (Å²) in [5.41, 5.74) is 2.16. The maximum Gasteiger partial charge on any atom is 0.318 e. The van der Waals surface area contributed by atoms with Crippen LogP contribution in [0.4, 0.5) is 4.79 Å². The lowest BCUT2D eigenvalue weighted by molar-refractivity contribution is -0.129. The van der Waals surface area contributed by atoms with E-state index >= 15 is 0 Å². The molecule has 0 radical (unpaired) electrons. The van der Waals surface area contributed by atoms with Gasteiger partial charge in [0.05, 0.1) is 6.04 Å². The molecular weight excluding hydrogens is 338 g/mol. The first kappa shape index (κ1) is 19.0. The van der Waals surface area contributed by atoms with Crippen LogP contribution in [-0.2, 0) is 17.9 Å². The van der Waals surface area contributed by atoms with Gasteiger partial charge in [0.1, 0.15) is 0 Å². The summed E-state index contributed by atoms with van der Waals surface area (Å²) in [5, 5.41) is 3.06. The molecule has 5 heteroatoms. The van der Waals surface area contributed by atoms with Crippen molar-refractivity contribution in [1.29, 1.82) is 0 Å². The topological polar surface area (TPSA) is 52.7 Å². The molecule has 2 aromatic rings. The predicted molar refractivity (Wildman–Crippen MR) is 106 cm³/mol. The second-order valence-electron chi connectivity index (χ2n) is 7.32. The second-order valence-corrected chi connectivity index (χ2v) is 7.32. The summed E-state index contributed by atoms with van der Waals surface area (Å²) >= 11 is 0. The smallest absolute Gasteiger partial charge is 0.318 e. The molecule has 0 aliphatic carbocycles. The van der Waals surface area contributed by atoms with E-state index in [0.29, 0.717) is 26.1 Å². The highest BCUT2D eigenvalue weighted by molar-refractivity contribution is 5.82. The Bertz CT molecular complexity index is 720. The number of carbonyl (C=O) groups excluding carboxylic acids is 2. The lowest BCUT2D eigenvalue weighted by atomic mass is 10.1. The summed E-state index contributed by atoms with van der Waals surface area (Å²) in [6, 6.07) is 19.8. The highest BCUT2D eigenvalue weighted by atomic mass is 16.2. The average Bonchev–Trinajstić information content (AvgIpc) is 3.03. The van der Waals surface area contributed by atoms with E-state index in [1.165, 1.54) is 0 Å². The zero-order valence-corrected chi connectivity index (χ0v) is 16.0. The van der Waals surface area contributed by atoms with Crippen molar-refractivity contribution in [1.82, 2.24) is 15.1 Å². The molecule has 27 heavy (non-hydrogen) atoms. The van der Waals surface area contributed by atoms with Crippen LogP contribution in [0.3, 0.4) is 0 Å². The molecule has 1 saturated heterocycles. The van der Waals surface area contributed by atoms with Crippen molar-refractivity contribution >= 4 is 11.9 Å². The van der Waals surface area contributed by atoms with Gasteiger partial charge in [-0.25, -0.2) is 4.79 Å². The number of benzene rings is 2. The fraction of sp³-hybridized carbons (Fsp3) is 0.364. The minimum atomic E-state index is -0.138. The second kappa shape index (κ2) is 8.71. The normalized spacial score (nSPS) is 16.6. The Labute approximate surface area is 161 Å². The Morgan fingerprint density at radius 3 is 2.00 bits per heavy atom. The molecule has 3 amide bonds. The van der Waals surface area contributed by atoms with Crippen LogP contribution in [-0.4, -0.2) is 40.4 Å². The van der Waals surface area contributed by atoms with Gasteiger partial charge in [-0.15, -0.1) is 0 Å². The van der Waals surface area contributed by atoms with E-state index in [-0.39, 0.29) is 24.0 Å². The van der Waals surface area contributed by atoms with Crippen LogP contribution < -0.4 is 5.32 Å². The maximum atomic E-state index is 13.0. The molecule has 2 aromatic carbocycles. The summed E-state index contributed by atoms with van der Waals surface area (Å²) in [4.78, 5) is 28.7. The van der Waals surface area contributed by atoms with Gasteiger partial charge >= 0.3 is 6.03 Å². The molecule has 1 fully saturated rings. The van der Waals surface area contributed by atoms with Crippen LogP contribution in [0.5, 0.6) is 0 Å². The SMILES string of the molecule is CC(C)N1CC(NC(=O)N(Cc2ccccc2)Cc2ccccc2)CC1=O. The van der Waals surface area contributed by atoms with Crippen molar-refractivity contribution < 1.29 is 9.59 Å². The third-order valence-electron chi connectivity index (χ3n) is 4.83. The Kier molecular flexibility index (Phi) is 6.12.